The summed E-state index contributed by atoms with van der Waals surface area (Å²) in [6, 6.07) is 16.6. The second kappa shape index (κ2) is 8.32. The maximum Gasteiger partial charge on any atom is 0.573 e. The van der Waals surface area contributed by atoms with Crippen molar-refractivity contribution >= 4 is 25.9 Å². The number of benzene rings is 2. The second-order valence-electron chi connectivity index (χ2n) is 8.26. The molecule has 0 fully saturated rings. The summed E-state index contributed by atoms with van der Waals surface area (Å²) in [6.45, 7) is 12.5. The Bertz CT molecular complexity index is 689. The highest BCUT2D eigenvalue weighted by Crippen LogP contribution is 2.20. The third kappa shape index (κ3) is 5.93. The van der Waals surface area contributed by atoms with Crippen LogP contribution in [-0.4, -0.2) is 20.7 Å². The van der Waals surface area contributed by atoms with Crippen molar-refractivity contribution in [2.24, 2.45) is 11.7 Å². The highest BCUT2D eigenvalue weighted by atomic mass is 16.6. The summed E-state index contributed by atoms with van der Waals surface area (Å²) in [6.07, 6.45) is 0. The molecular formula is C21H29B2NO2. The molecule has 0 bridgehead atoms. The van der Waals surface area contributed by atoms with Crippen LogP contribution in [0.4, 0.5) is 0 Å². The van der Waals surface area contributed by atoms with Gasteiger partial charge in [0.05, 0.1) is 5.75 Å². The average Bonchev–Trinajstić information content (AvgIpc) is 2.56. The van der Waals surface area contributed by atoms with Gasteiger partial charge in [-0.3, -0.25) is 0 Å². The molecule has 0 aromatic heterocycles. The smallest absolute Gasteiger partial charge is 0.537 e. The molecule has 1 atom stereocenters. The van der Waals surface area contributed by atoms with Crippen molar-refractivity contribution in [3.8, 4) is 5.75 Å². The maximum absolute atomic E-state index is 6.03. The Labute approximate surface area is 159 Å². The summed E-state index contributed by atoms with van der Waals surface area (Å²) >= 11 is 0. The first-order valence-electron chi connectivity index (χ1n) is 9.08. The predicted molar refractivity (Wildman–Crippen MR) is 112 cm³/mol. The SMILES string of the molecule is CC(C)C(C)(N)O[B]Oc1ccc([B]c2ccc(C(C)(C)C)cc2)cc1. The Hall–Kier alpha value is -1.71. The van der Waals surface area contributed by atoms with E-state index in [0.29, 0.717) is 5.75 Å². The van der Waals surface area contributed by atoms with Crippen LogP contribution in [0.25, 0.3) is 0 Å². The minimum absolute atomic E-state index is 0.172. The lowest BCUT2D eigenvalue weighted by molar-refractivity contribution is 0.0383. The van der Waals surface area contributed by atoms with Crippen molar-refractivity contribution in [2.75, 3.05) is 0 Å². The molecule has 2 radical (unpaired) electrons. The summed E-state index contributed by atoms with van der Waals surface area (Å²) in [4.78, 5) is 0. The van der Waals surface area contributed by atoms with Gasteiger partial charge in [0.1, 0.15) is 5.72 Å². The fraction of sp³-hybridized carbons (Fsp3) is 0.429. The summed E-state index contributed by atoms with van der Waals surface area (Å²) in [5.74, 6) is 0.897. The van der Waals surface area contributed by atoms with Crippen LogP contribution in [-0.2, 0) is 10.1 Å². The van der Waals surface area contributed by atoms with E-state index in [0.717, 1.165) is 5.46 Å². The third-order valence-corrected chi connectivity index (χ3v) is 4.62. The monoisotopic (exact) mass is 349 g/mol. The van der Waals surface area contributed by atoms with Crippen molar-refractivity contribution in [1.82, 2.24) is 0 Å². The molecule has 0 aliphatic heterocycles. The highest BCUT2D eigenvalue weighted by Gasteiger charge is 2.24. The zero-order valence-electron chi connectivity index (χ0n) is 16.7. The molecule has 2 N–H and O–H groups in total. The normalized spacial score (nSPS) is 14.0. The Kier molecular flexibility index (Phi) is 6.59. The van der Waals surface area contributed by atoms with Gasteiger partial charge in [-0.15, -0.1) is 0 Å². The van der Waals surface area contributed by atoms with E-state index in [1.807, 2.05) is 45.0 Å². The van der Waals surface area contributed by atoms with Crippen LogP contribution in [0.1, 0.15) is 47.1 Å². The molecule has 26 heavy (non-hydrogen) atoms. The molecule has 0 saturated heterocycles. The fourth-order valence-corrected chi connectivity index (χ4v) is 2.23. The molecule has 2 rings (SSSR count). The zero-order chi connectivity index (χ0) is 19.4. The van der Waals surface area contributed by atoms with E-state index < -0.39 is 5.72 Å². The zero-order valence-corrected chi connectivity index (χ0v) is 16.7. The van der Waals surface area contributed by atoms with Gasteiger partial charge in [-0.1, -0.05) is 81.9 Å². The van der Waals surface area contributed by atoms with E-state index in [4.69, 9.17) is 15.0 Å². The first kappa shape index (κ1) is 20.6. The Morgan fingerprint density at radius 2 is 1.35 bits per heavy atom. The molecular weight excluding hydrogens is 320 g/mol. The van der Waals surface area contributed by atoms with Crippen LogP contribution < -0.4 is 21.3 Å². The van der Waals surface area contributed by atoms with Gasteiger partial charge in [0, 0.05) is 0 Å². The third-order valence-electron chi connectivity index (χ3n) is 4.62. The topological polar surface area (TPSA) is 44.5 Å². The van der Waals surface area contributed by atoms with Crippen molar-refractivity contribution in [1.29, 1.82) is 0 Å². The van der Waals surface area contributed by atoms with E-state index in [1.165, 1.54) is 18.7 Å². The van der Waals surface area contributed by atoms with E-state index in [9.17, 15) is 0 Å². The summed E-state index contributed by atoms with van der Waals surface area (Å²) in [5, 5.41) is 0. The molecule has 5 heteroatoms. The van der Waals surface area contributed by atoms with Crippen LogP contribution in [0.3, 0.4) is 0 Å². The number of nitrogens with two attached hydrogens (primary N) is 1. The molecule has 0 aliphatic carbocycles. The molecule has 136 valence electrons. The van der Waals surface area contributed by atoms with Crippen LogP contribution in [0.5, 0.6) is 5.75 Å². The highest BCUT2D eigenvalue weighted by molar-refractivity contribution is 6.67. The van der Waals surface area contributed by atoms with Crippen LogP contribution in [0, 0.1) is 5.92 Å². The molecule has 1 unspecified atom stereocenters. The maximum atomic E-state index is 6.03. The Morgan fingerprint density at radius 3 is 1.81 bits per heavy atom. The van der Waals surface area contributed by atoms with Gasteiger partial charge < -0.3 is 15.0 Å². The lowest BCUT2D eigenvalue weighted by Crippen LogP contribution is -2.46. The average molecular weight is 349 g/mol. The summed E-state index contributed by atoms with van der Waals surface area (Å²) < 4.78 is 11.0. The lowest BCUT2D eigenvalue weighted by atomic mass is 9.63. The number of hydrogen-bond acceptors (Lipinski definition) is 3. The molecule has 0 amide bonds. The molecule has 0 spiro atoms. The predicted octanol–water partition coefficient (Wildman–Crippen LogP) is 2.90. The molecule has 3 nitrogen and oxygen atoms in total. The molecule has 0 heterocycles. The van der Waals surface area contributed by atoms with Crippen molar-refractivity contribution < 1.29 is 9.31 Å². The van der Waals surface area contributed by atoms with Crippen molar-refractivity contribution in [3.05, 3.63) is 54.1 Å². The molecule has 0 aliphatic rings. The Morgan fingerprint density at radius 1 is 0.846 bits per heavy atom. The van der Waals surface area contributed by atoms with Gasteiger partial charge in [-0.25, -0.2) is 0 Å². The quantitative estimate of drug-likeness (QED) is 0.618. The molecule has 2 aromatic carbocycles. The molecule has 2 aromatic rings. The van der Waals surface area contributed by atoms with Gasteiger partial charge in [0.15, 0.2) is 7.28 Å². The van der Waals surface area contributed by atoms with Gasteiger partial charge in [-0.2, -0.15) is 0 Å². The first-order valence-corrected chi connectivity index (χ1v) is 9.08. The number of hydrogen-bond donors (Lipinski definition) is 1. The van der Waals surface area contributed by atoms with Crippen molar-refractivity contribution in [2.45, 2.75) is 52.7 Å². The van der Waals surface area contributed by atoms with Gasteiger partial charge in [0.2, 0.25) is 0 Å². The van der Waals surface area contributed by atoms with E-state index in [2.05, 4.69) is 52.3 Å². The minimum Gasteiger partial charge on any atom is -0.537 e. The van der Waals surface area contributed by atoms with E-state index in [1.54, 1.807) is 0 Å². The van der Waals surface area contributed by atoms with Crippen LogP contribution >= 0.6 is 0 Å². The summed E-state index contributed by atoms with van der Waals surface area (Å²) in [7, 11) is 3.45. The van der Waals surface area contributed by atoms with Gasteiger partial charge >= 0.3 is 7.69 Å². The number of rotatable bonds is 7. The van der Waals surface area contributed by atoms with Gasteiger partial charge in [0.25, 0.3) is 0 Å². The first-order chi connectivity index (χ1) is 12.1. The second-order valence-corrected chi connectivity index (χ2v) is 8.26. The van der Waals surface area contributed by atoms with E-state index >= 15 is 0 Å². The van der Waals surface area contributed by atoms with Gasteiger partial charge in [-0.05, 0) is 36.0 Å². The minimum atomic E-state index is -0.743. The van der Waals surface area contributed by atoms with Crippen LogP contribution in [0.2, 0.25) is 0 Å². The van der Waals surface area contributed by atoms with Crippen molar-refractivity contribution in [3.63, 3.8) is 0 Å². The molecule has 0 saturated carbocycles. The largest absolute Gasteiger partial charge is 0.573 e. The summed E-state index contributed by atoms with van der Waals surface area (Å²) in [5.41, 5.74) is 9.09. The fourth-order valence-electron chi connectivity index (χ4n) is 2.23. The Balaban J connectivity index is 1.89. The van der Waals surface area contributed by atoms with E-state index in [-0.39, 0.29) is 11.3 Å². The van der Waals surface area contributed by atoms with Crippen LogP contribution in [0.15, 0.2) is 48.5 Å². The standard InChI is InChI=1S/C21H29B2NO2/c1-15(2)21(6,24)26-23-25-19-13-11-18(12-14-19)22-17-9-7-16(8-10-17)20(3,4)5/h7-15H,24H2,1-6H3. The lowest BCUT2D eigenvalue weighted by Gasteiger charge is -2.28.